The van der Waals surface area contributed by atoms with Crippen molar-refractivity contribution in [1.82, 2.24) is 9.97 Å². The molecule has 8 nitrogen and oxygen atoms in total. The number of nitrogens with zero attached hydrogens (tertiary/aromatic N) is 2. The Kier molecular flexibility index (Phi) is 6.11. The molecule has 1 heterocycles. The van der Waals surface area contributed by atoms with Gasteiger partial charge in [0.2, 0.25) is 11.9 Å². The van der Waals surface area contributed by atoms with Crippen molar-refractivity contribution < 1.29 is 14.0 Å². The van der Waals surface area contributed by atoms with Gasteiger partial charge in [-0.05, 0) is 54.6 Å². The normalized spacial score (nSPS) is 9.97. The standard InChI is InChI=1S/C20H17FN6O2/c1-2-18(28)23-15-4-3-5-16(12-15)25-20(29)27-17-10-11-22-19(26-17)24-14-8-6-13(21)7-9-14/h2-12H,1H2,(H,23,28)(H3,22,24,25,26,27,29). The highest BCUT2D eigenvalue weighted by Gasteiger charge is 2.07. The number of carbonyl (C=O) groups is 2. The zero-order valence-corrected chi connectivity index (χ0v) is 15.1. The minimum Gasteiger partial charge on any atom is -0.324 e. The van der Waals surface area contributed by atoms with Crippen LogP contribution in [0.3, 0.4) is 0 Å². The molecule has 3 rings (SSSR count). The van der Waals surface area contributed by atoms with Crippen LogP contribution in [0.2, 0.25) is 0 Å². The number of benzene rings is 2. The molecule has 0 aliphatic heterocycles. The molecule has 0 saturated carbocycles. The monoisotopic (exact) mass is 392 g/mol. The zero-order chi connectivity index (χ0) is 20.6. The second kappa shape index (κ2) is 9.09. The summed E-state index contributed by atoms with van der Waals surface area (Å²) in [6, 6.07) is 13.3. The van der Waals surface area contributed by atoms with Gasteiger partial charge in [-0.3, -0.25) is 10.1 Å². The molecule has 0 aliphatic rings. The molecular formula is C20H17FN6O2. The molecule has 1 aromatic heterocycles. The van der Waals surface area contributed by atoms with Crippen molar-refractivity contribution in [3.05, 3.63) is 79.3 Å². The lowest BCUT2D eigenvalue weighted by molar-refractivity contribution is -0.111. The average Bonchev–Trinajstić information content (AvgIpc) is 2.70. The highest BCUT2D eigenvalue weighted by molar-refractivity contribution is 6.01. The molecule has 0 radical (unpaired) electrons. The number of rotatable bonds is 6. The maximum absolute atomic E-state index is 13.0. The number of halogens is 1. The molecule has 0 aliphatic carbocycles. The summed E-state index contributed by atoms with van der Waals surface area (Å²) in [5.41, 5.74) is 1.59. The quantitative estimate of drug-likeness (QED) is 0.472. The summed E-state index contributed by atoms with van der Waals surface area (Å²) >= 11 is 0. The molecule has 0 unspecified atom stereocenters. The van der Waals surface area contributed by atoms with Crippen molar-refractivity contribution in [3.63, 3.8) is 0 Å². The van der Waals surface area contributed by atoms with Gasteiger partial charge in [-0.15, -0.1) is 0 Å². The van der Waals surface area contributed by atoms with E-state index in [1.54, 1.807) is 36.4 Å². The molecule has 3 amide bonds. The summed E-state index contributed by atoms with van der Waals surface area (Å²) in [7, 11) is 0. The Bertz CT molecular complexity index is 1040. The number of hydrogen-bond donors (Lipinski definition) is 4. The fraction of sp³-hybridized carbons (Fsp3) is 0. The Hall–Kier alpha value is -4.27. The Morgan fingerprint density at radius 2 is 1.66 bits per heavy atom. The minimum atomic E-state index is -0.524. The van der Waals surface area contributed by atoms with Gasteiger partial charge in [-0.25, -0.2) is 14.2 Å². The molecule has 0 bridgehead atoms. The van der Waals surface area contributed by atoms with Crippen molar-refractivity contribution in [3.8, 4) is 0 Å². The number of amides is 3. The summed E-state index contributed by atoms with van der Waals surface area (Å²) in [5, 5.41) is 10.8. The molecule has 29 heavy (non-hydrogen) atoms. The van der Waals surface area contributed by atoms with E-state index in [4.69, 9.17) is 0 Å². The number of hydrogen-bond acceptors (Lipinski definition) is 5. The third-order valence-corrected chi connectivity index (χ3v) is 3.57. The van der Waals surface area contributed by atoms with E-state index in [0.29, 0.717) is 17.1 Å². The Morgan fingerprint density at radius 1 is 0.931 bits per heavy atom. The smallest absolute Gasteiger partial charge is 0.324 e. The topological polar surface area (TPSA) is 108 Å². The highest BCUT2D eigenvalue weighted by atomic mass is 19.1. The van der Waals surface area contributed by atoms with Crippen LogP contribution in [0.25, 0.3) is 0 Å². The number of carbonyl (C=O) groups excluding carboxylic acids is 2. The van der Waals surface area contributed by atoms with Crippen molar-refractivity contribution in [2.75, 3.05) is 21.3 Å². The van der Waals surface area contributed by atoms with Gasteiger partial charge in [0.05, 0.1) is 0 Å². The fourth-order valence-corrected chi connectivity index (χ4v) is 2.30. The molecule has 2 aromatic carbocycles. The molecule has 9 heteroatoms. The molecule has 0 spiro atoms. The van der Waals surface area contributed by atoms with E-state index >= 15 is 0 Å². The summed E-state index contributed by atoms with van der Waals surface area (Å²) in [6.45, 7) is 3.39. The molecule has 4 N–H and O–H groups in total. The van der Waals surface area contributed by atoms with Gasteiger partial charge in [0.15, 0.2) is 0 Å². The van der Waals surface area contributed by atoms with E-state index in [-0.39, 0.29) is 23.5 Å². The van der Waals surface area contributed by atoms with E-state index in [2.05, 4.69) is 37.8 Å². The number of anilines is 5. The van der Waals surface area contributed by atoms with Crippen LogP contribution in [0.15, 0.2) is 73.4 Å². The molecule has 0 fully saturated rings. The predicted octanol–water partition coefficient (Wildman–Crippen LogP) is 4.13. The maximum atomic E-state index is 13.0. The highest BCUT2D eigenvalue weighted by Crippen LogP contribution is 2.17. The van der Waals surface area contributed by atoms with E-state index in [1.807, 2.05) is 0 Å². The molecule has 3 aromatic rings. The van der Waals surface area contributed by atoms with Crippen LogP contribution in [0.1, 0.15) is 0 Å². The Morgan fingerprint density at radius 3 is 2.38 bits per heavy atom. The number of nitrogens with one attached hydrogen (secondary N) is 4. The number of aromatic nitrogens is 2. The lowest BCUT2D eigenvalue weighted by atomic mass is 10.2. The predicted molar refractivity (Wildman–Crippen MR) is 110 cm³/mol. The van der Waals surface area contributed by atoms with Gasteiger partial charge in [0, 0.05) is 23.3 Å². The Balaban J connectivity index is 1.62. The summed E-state index contributed by atoms with van der Waals surface area (Å²) in [6.07, 6.45) is 2.62. The first-order chi connectivity index (χ1) is 14.0. The van der Waals surface area contributed by atoms with Crippen LogP contribution in [0.5, 0.6) is 0 Å². The first kappa shape index (κ1) is 19.5. The van der Waals surface area contributed by atoms with Crippen molar-refractivity contribution in [2.24, 2.45) is 0 Å². The summed E-state index contributed by atoms with van der Waals surface area (Å²) in [5.74, 6) is -0.202. The van der Waals surface area contributed by atoms with Crippen LogP contribution < -0.4 is 21.3 Å². The first-order valence-electron chi connectivity index (χ1n) is 8.49. The lowest BCUT2D eigenvalue weighted by Gasteiger charge is -2.10. The van der Waals surface area contributed by atoms with Crippen LogP contribution in [-0.2, 0) is 4.79 Å². The third kappa shape index (κ3) is 5.86. The van der Waals surface area contributed by atoms with E-state index in [9.17, 15) is 14.0 Å². The molecular weight excluding hydrogens is 375 g/mol. The van der Waals surface area contributed by atoms with Gasteiger partial charge in [0.25, 0.3) is 0 Å². The van der Waals surface area contributed by atoms with Crippen LogP contribution in [0, 0.1) is 5.82 Å². The largest absolute Gasteiger partial charge is 0.324 e. The van der Waals surface area contributed by atoms with Crippen molar-refractivity contribution >= 4 is 40.8 Å². The molecule has 0 saturated heterocycles. The van der Waals surface area contributed by atoms with E-state index in [1.165, 1.54) is 24.4 Å². The first-order valence-corrected chi connectivity index (χ1v) is 8.49. The van der Waals surface area contributed by atoms with Crippen LogP contribution >= 0.6 is 0 Å². The van der Waals surface area contributed by atoms with Crippen LogP contribution in [0.4, 0.5) is 38.0 Å². The maximum Gasteiger partial charge on any atom is 0.324 e. The van der Waals surface area contributed by atoms with E-state index < -0.39 is 6.03 Å². The summed E-state index contributed by atoms with van der Waals surface area (Å²) < 4.78 is 13.0. The lowest BCUT2D eigenvalue weighted by Crippen LogP contribution is -2.20. The summed E-state index contributed by atoms with van der Waals surface area (Å²) in [4.78, 5) is 31.8. The van der Waals surface area contributed by atoms with Crippen molar-refractivity contribution in [2.45, 2.75) is 0 Å². The third-order valence-electron chi connectivity index (χ3n) is 3.57. The second-order valence-corrected chi connectivity index (χ2v) is 5.75. The molecule has 146 valence electrons. The van der Waals surface area contributed by atoms with Gasteiger partial charge in [-0.2, -0.15) is 4.98 Å². The van der Waals surface area contributed by atoms with Gasteiger partial charge < -0.3 is 16.0 Å². The van der Waals surface area contributed by atoms with Gasteiger partial charge in [-0.1, -0.05) is 12.6 Å². The van der Waals surface area contributed by atoms with Gasteiger partial charge in [0.1, 0.15) is 11.6 Å². The zero-order valence-electron chi connectivity index (χ0n) is 15.1. The minimum absolute atomic E-state index is 0.239. The SMILES string of the molecule is C=CC(=O)Nc1cccc(NC(=O)Nc2ccnc(Nc3ccc(F)cc3)n2)c1. The van der Waals surface area contributed by atoms with Gasteiger partial charge >= 0.3 is 6.03 Å². The van der Waals surface area contributed by atoms with Crippen LogP contribution in [-0.4, -0.2) is 21.9 Å². The van der Waals surface area contributed by atoms with E-state index in [0.717, 1.165) is 6.08 Å². The van der Waals surface area contributed by atoms with Crippen molar-refractivity contribution in [1.29, 1.82) is 0 Å². The Labute approximate surface area is 165 Å². The second-order valence-electron chi connectivity index (χ2n) is 5.75. The fourth-order valence-electron chi connectivity index (χ4n) is 2.30. The molecule has 0 atom stereocenters. The number of urea groups is 1. The average molecular weight is 392 g/mol.